The quantitative estimate of drug-likeness (QED) is 0.451. The molecule has 33 heavy (non-hydrogen) atoms. The second-order valence-electron chi connectivity index (χ2n) is 7.57. The zero-order valence-electron chi connectivity index (χ0n) is 17.7. The molecule has 3 rings (SSSR count). The minimum atomic E-state index is -1.87. The molecule has 5 N–H and O–H groups in total. The highest BCUT2D eigenvalue weighted by molar-refractivity contribution is 5.99. The molecule has 1 unspecified atom stereocenters. The van der Waals surface area contributed by atoms with Crippen molar-refractivity contribution >= 4 is 23.3 Å². The molecule has 0 saturated carbocycles. The molecule has 0 radical (unpaired) electrons. The van der Waals surface area contributed by atoms with E-state index >= 15 is 0 Å². The van der Waals surface area contributed by atoms with Crippen molar-refractivity contribution in [2.45, 2.75) is 26.0 Å². The van der Waals surface area contributed by atoms with Gasteiger partial charge in [0.2, 0.25) is 0 Å². The van der Waals surface area contributed by atoms with Crippen LogP contribution in [0.2, 0.25) is 0 Å². The van der Waals surface area contributed by atoms with Crippen molar-refractivity contribution in [3.05, 3.63) is 77.2 Å². The highest BCUT2D eigenvalue weighted by Crippen LogP contribution is 2.28. The number of nitrogens with zero attached hydrogens (tertiary/aromatic N) is 1. The summed E-state index contributed by atoms with van der Waals surface area (Å²) in [6.45, 7) is 3.56. The number of nitrogens with two attached hydrogens (primary N) is 1. The largest absolute Gasteiger partial charge is 0.383 e. The number of aliphatic hydroxyl groups is 1. The Morgan fingerprint density at radius 1 is 1.03 bits per heavy atom. The fourth-order valence-electron chi connectivity index (χ4n) is 3.07. The van der Waals surface area contributed by atoms with E-state index in [1.807, 2.05) is 0 Å². The molecule has 1 atom stereocenters. The highest BCUT2D eigenvalue weighted by atomic mass is 19.1. The van der Waals surface area contributed by atoms with Gasteiger partial charge in [-0.1, -0.05) is 0 Å². The monoisotopic (exact) mass is 458 g/mol. The number of hydrogen-bond acceptors (Lipinski definition) is 5. The average Bonchev–Trinajstić information content (AvgIpc) is 2.72. The van der Waals surface area contributed by atoms with E-state index in [4.69, 9.17) is 5.73 Å². The highest BCUT2D eigenvalue weighted by Gasteiger charge is 2.20. The molecule has 0 aliphatic carbocycles. The van der Waals surface area contributed by atoms with Crippen LogP contribution >= 0.6 is 0 Å². The van der Waals surface area contributed by atoms with Crippen LogP contribution in [0.15, 0.2) is 48.7 Å². The lowest BCUT2D eigenvalue weighted by Crippen LogP contribution is -2.30. The molecular formula is C23H21F3N4O3. The summed E-state index contributed by atoms with van der Waals surface area (Å²) in [6.07, 6.45) is -0.568. The summed E-state index contributed by atoms with van der Waals surface area (Å²) in [5.41, 5.74) is 5.94. The van der Waals surface area contributed by atoms with Crippen molar-refractivity contribution in [3.8, 4) is 11.1 Å². The molecule has 3 aromatic rings. The normalized spacial score (nSPS) is 11.8. The predicted octanol–water partition coefficient (Wildman–Crippen LogP) is 3.56. The van der Waals surface area contributed by atoms with E-state index in [2.05, 4.69) is 15.6 Å². The number of nitrogen functional groups attached to an aromatic ring is 1. The molecule has 1 aromatic heterocycles. The van der Waals surface area contributed by atoms with Crippen LogP contribution in [0.5, 0.6) is 0 Å². The topological polar surface area (TPSA) is 117 Å². The van der Waals surface area contributed by atoms with Gasteiger partial charge in [0.1, 0.15) is 23.3 Å². The van der Waals surface area contributed by atoms with Gasteiger partial charge in [0.15, 0.2) is 6.10 Å². The molecule has 2 amide bonds. The van der Waals surface area contributed by atoms with E-state index in [1.54, 1.807) is 13.8 Å². The SMILES string of the molecule is CC(C)NC(=O)c1cc(-c2ccc(NC(=O)C(O)c3cc(F)cc(F)c3)cc2F)cnc1N. The van der Waals surface area contributed by atoms with Gasteiger partial charge in [-0.25, -0.2) is 18.2 Å². The number of benzene rings is 2. The van der Waals surface area contributed by atoms with E-state index in [0.29, 0.717) is 6.07 Å². The summed E-state index contributed by atoms with van der Waals surface area (Å²) in [4.78, 5) is 28.5. The average molecular weight is 458 g/mol. The second kappa shape index (κ2) is 9.70. The molecule has 1 heterocycles. The van der Waals surface area contributed by atoms with E-state index in [1.165, 1.54) is 24.4 Å². The maximum Gasteiger partial charge on any atom is 0.257 e. The first kappa shape index (κ1) is 23.7. The van der Waals surface area contributed by atoms with Gasteiger partial charge in [-0.15, -0.1) is 0 Å². The zero-order chi connectivity index (χ0) is 24.3. The van der Waals surface area contributed by atoms with Gasteiger partial charge in [0, 0.05) is 35.1 Å². The van der Waals surface area contributed by atoms with Crippen molar-refractivity contribution < 1.29 is 27.9 Å². The molecule has 10 heteroatoms. The number of nitrogens with one attached hydrogen (secondary N) is 2. The Balaban J connectivity index is 1.81. The van der Waals surface area contributed by atoms with Gasteiger partial charge in [-0.2, -0.15) is 0 Å². The van der Waals surface area contributed by atoms with E-state index in [9.17, 15) is 27.9 Å². The smallest absolute Gasteiger partial charge is 0.257 e. The molecule has 2 aromatic carbocycles. The number of amides is 2. The number of pyridine rings is 1. The molecule has 0 aliphatic heterocycles. The molecule has 0 fully saturated rings. The van der Waals surface area contributed by atoms with Gasteiger partial charge in [0.05, 0.1) is 5.56 Å². The molecule has 0 bridgehead atoms. The minimum Gasteiger partial charge on any atom is -0.383 e. The lowest BCUT2D eigenvalue weighted by atomic mass is 10.0. The van der Waals surface area contributed by atoms with Crippen LogP contribution in [0.4, 0.5) is 24.7 Å². The van der Waals surface area contributed by atoms with Gasteiger partial charge < -0.3 is 21.5 Å². The van der Waals surface area contributed by atoms with Crippen LogP contribution in [0.1, 0.15) is 35.9 Å². The molecular weight excluding hydrogens is 437 g/mol. The fraction of sp³-hybridized carbons (Fsp3) is 0.174. The number of halogens is 3. The Bertz CT molecular complexity index is 1200. The van der Waals surface area contributed by atoms with Crippen molar-refractivity contribution in [2.24, 2.45) is 0 Å². The number of anilines is 2. The van der Waals surface area contributed by atoms with Gasteiger partial charge in [0.25, 0.3) is 11.8 Å². The first-order chi connectivity index (χ1) is 15.5. The minimum absolute atomic E-state index is 0.00152. The van der Waals surface area contributed by atoms with Crippen LogP contribution in [0.25, 0.3) is 11.1 Å². The molecule has 7 nitrogen and oxygen atoms in total. The van der Waals surface area contributed by atoms with Crippen molar-refractivity contribution in [3.63, 3.8) is 0 Å². The summed E-state index contributed by atoms with van der Waals surface area (Å²) in [5.74, 6) is -4.13. The molecule has 0 aliphatic rings. The third-order valence-corrected chi connectivity index (χ3v) is 4.58. The van der Waals surface area contributed by atoms with E-state index in [0.717, 1.165) is 18.2 Å². The number of hydrogen-bond donors (Lipinski definition) is 4. The van der Waals surface area contributed by atoms with Crippen LogP contribution in [0.3, 0.4) is 0 Å². The maximum atomic E-state index is 14.8. The number of aromatic nitrogens is 1. The van der Waals surface area contributed by atoms with Gasteiger partial charge in [-0.3, -0.25) is 9.59 Å². The van der Waals surface area contributed by atoms with Crippen molar-refractivity contribution in [2.75, 3.05) is 11.1 Å². The van der Waals surface area contributed by atoms with Crippen molar-refractivity contribution in [1.29, 1.82) is 0 Å². The maximum absolute atomic E-state index is 14.8. The van der Waals surface area contributed by atoms with Gasteiger partial charge >= 0.3 is 0 Å². The van der Waals surface area contributed by atoms with Crippen molar-refractivity contribution in [1.82, 2.24) is 10.3 Å². The summed E-state index contributed by atoms with van der Waals surface area (Å²) in [6, 6.07) is 7.20. The van der Waals surface area contributed by atoms with Crippen LogP contribution < -0.4 is 16.4 Å². The van der Waals surface area contributed by atoms with Crippen LogP contribution in [-0.2, 0) is 4.79 Å². The number of carbonyl (C=O) groups excluding carboxylic acids is 2. The van der Waals surface area contributed by atoms with Gasteiger partial charge in [-0.05, 0) is 55.8 Å². The second-order valence-corrected chi connectivity index (χ2v) is 7.57. The Morgan fingerprint density at radius 3 is 2.30 bits per heavy atom. The Kier molecular flexibility index (Phi) is 6.98. The van der Waals surface area contributed by atoms with E-state index < -0.39 is 35.4 Å². The Labute approximate surface area is 187 Å². The number of aliphatic hydroxyl groups excluding tert-OH is 1. The summed E-state index contributed by atoms with van der Waals surface area (Å²) in [7, 11) is 0. The third-order valence-electron chi connectivity index (χ3n) is 4.58. The van der Waals surface area contributed by atoms with Crippen LogP contribution in [0, 0.1) is 17.5 Å². The summed E-state index contributed by atoms with van der Waals surface area (Å²) >= 11 is 0. The first-order valence-corrected chi connectivity index (χ1v) is 9.86. The first-order valence-electron chi connectivity index (χ1n) is 9.86. The van der Waals surface area contributed by atoms with Crippen LogP contribution in [-0.4, -0.2) is 27.9 Å². The summed E-state index contributed by atoms with van der Waals surface area (Å²) in [5, 5.41) is 15.0. The lowest BCUT2D eigenvalue weighted by molar-refractivity contribution is -0.124. The number of rotatable bonds is 6. The number of carbonyl (C=O) groups is 2. The fourth-order valence-corrected chi connectivity index (χ4v) is 3.07. The molecule has 0 spiro atoms. The summed E-state index contributed by atoms with van der Waals surface area (Å²) < 4.78 is 41.5. The molecule has 172 valence electrons. The predicted molar refractivity (Wildman–Crippen MR) is 117 cm³/mol. The van der Waals surface area contributed by atoms with E-state index in [-0.39, 0.29) is 39.8 Å². The lowest BCUT2D eigenvalue weighted by Gasteiger charge is -2.14. The Hall–Kier alpha value is -3.92. The molecule has 0 saturated heterocycles. The Morgan fingerprint density at radius 2 is 1.70 bits per heavy atom. The zero-order valence-corrected chi connectivity index (χ0v) is 17.7. The standard InChI is InChI=1S/C23H21F3N4O3/c1-11(2)29-22(32)18-7-13(10-28-21(18)27)17-4-3-16(9-19(17)26)30-23(33)20(31)12-5-14(24)8-15(25)6-12/h3-11,20,31H,1-2H3,(H2,27,28)(H,29,32)(H,30,33). The third kappa shape index (κ3) is 5.66.